The molecule has 1 aromatic heterocycles. The Balaban J connectivity index is 2.26. The standard InChI is InChI=1S/C22H23N3O3S/c1-5-22(14-15-23-2,17-9-11-18(28-3)12-10-17)25-16-13-19-20(24-29(4,26)27)7-6-8-21(19)25/h6-16,24H,5H2,1,3-4H3/b15-14+. The number of hydrogen-bond acceptors (Lipinski definition) is 3. The number of allylic oxidation sites excluding steroid dienone is 1. The van der Waals surface area contributed by atoms with Crippen LogP contribution < -0.4 is 9.46 Å². The quantitative estimate of drug-likeness (QED) is 0.580. The number of aromatic nitrogens is 1. The lowest BCUT2D eigenvalue weighted by molar-refractivity contribution is 0.412. The van der Waals surface area contributed by atoms with Crippen LogP contribution in [0.5, 0.6) is 5.75 Å². The molecule has 0 saturated carbocycles. The summed E-state index contributed by atoms with van der Waals surface area (Å²) in [6.45, 7) is 9.30. The minimum absolute atomic E-state index is 0.526. The summed E-state index contributed by atoms with van der Waals surface area (Å²) >= 11 is 0. The maximum absolute atomic E-state index is 11.8. The molecular formula is C22H23N3O3S. The van der Waals surface area contributed by atoms with Crippen molar-refractivity contribution in [3.8, 4) is 5.75 Å². The topological polar surface area (TPSA) is 64.7 Å². The molecule has 0 aliphatic rings. The van der Waals surface area contributed by atoms with E-state index in [0.29, 0.717) is 12.1 Å². The number of methoxy groups -OCH3 is 1. The summed E-state index contributed by atoms with van der Waals surface area (Å²) in [6.07, 6.45) is 7.12. The van der Waals surface area contributed by atoms with Gasteiger partial charge in [0.2, 0.25) is 10.0 Å². The molecule has 0 aliphatic carbocycles. The zero-order valence-corrected chi connectivity index (χ0v) is 17.4. The summed E-state index contributed by atoms with van der Waals surface area (Å²) < 4.78 is 33.5. The molecule has 6 nitrogen and oxygen atoms in total. The second-order valence-electron chi connectivity index (χ2n) is 6.75. The first-order valence-corrected chi connectivity index (χ1v) is 11.0. The van der Waals surface area contributed by atoms with Gasteiger partial charge in [0.25, 0.3) is 0 Å². The molecule has 1 atom stereocenters. The van der Waals surface area contributed by atoms with Gasteiger partial charge in [-0.2, -0.15) is 0 Å². The van der Waals surface area contributed by atoms with E-state index in [4.69, 9.17) is 11.3 Å². The lowest BCUT2D eigenvalue weighted by Crippen LogP contribution is -2.31. The fraction of sp³-hybridized carbons (Fsp3) is 0.227. The summed E-state index contributed by atoms with van der Waals surface area (Å²) in [6, 6.07) is 15.2. The predicted molar refractivity (Wildman–Crippen MR) is 117 cm³/mol. The van der Waals surface area contributed by atoms with Crippen molar-refractivity contribution in [1.82, 2.24) is 4.57 Å². The Morgan fingerprint density at radius 3 is 2.52 bits per heavy atom. The molecule has 0 aliphatic heterocycles. The Labute approximate surface area is 171 Å². The third kappa shape index (κ3) is 3.98. The zero-order chi connectivity index (χ0) is 21.1. The molecule has 0 amide bonds. The van der Waals surface area contributed by atoms with Crippen molar-refractivity contribution in [2.75, 3.05) is 18.1 Å². The monoisotopic (exact) mass is 409 g/mol. The van der Waals surface area contributed by atoms with Crippen LogP contribution in [-0.2, 0) is 15.6 Å². The smallest absolute Gasteiger partial charge is 0.229 e. The van der Waals surface area contributed by atoms with E-state index in [1.165, 1.54) is 6.20 Å². The molecule has 1 unspecified atom stereocenters. The first kappa shape index (κ1) is 20.5. The lowest BCUT2D eigenvalue weighted by Gasteiger charge is -2.34. The average molecular weight is 410 g/mol. The molecule has 0 fully saturated rings. The van der Waals surface area contributed by atoms with Crippen LogP contribution in [0.15, 0.2) is 67.0 Å². The molecular weight excluding hydrogens is 386 g/mol. The number of benzene rings is 2. The normalized spacial score (nSPS) is 13.9. The summed E-state index contributed by atoms with van der Waals surface area (Å²) in [5, 5.41) is 0.792. The van der Waals surface area contributed by atoms with E-state index in [1.807, 2.05) is 54.7 Å². The van der Waals surface area contributed by atoms with E-state index >= 15 is 0 Å². The van der Waals surface area contributed by atoms with Gasteiger partial charge >= 0.3 is 0 Å². The van der Waals surface area contributed by atoms with Gasteiger partial charge in [-0.05, 0) is 42.3 Å². The van der Waals surface area contributed by atoms with E-state index in [1.54, 1.807) is 13.2 Å². The summed E-state index contributed by atoms with van der Waals surface area (Å²) in [4.78, 5) is 3.42. The molecule has 0 spiro atoms. The fourth-order valence-corrected chi connectivity index (χ4v) is 4.23. The molecule has 3 rings (SSSR count). The third-order valence-corrected chi connectivity index (χ3v) is 5.60. The number of hydrogen-bond donors (Lipinski definition) is 1. The Bertz CT molecular complexity index is 1190. The highest BCUT2D eigenvalue weighted by atomic mass is 32.2. The Morgan fingerprint density at radius 2 is 1.93 bits per heavy atom. The highest BCUT2D eigenvalue weighted by molar-refractivity contribution is 7.92. The molecule has 1 heterocycles. The van der Waals surface area contributed by atoms with Crippen LogP contribution in [0.2, 0.25) is 0 Å². The van der Waals surface area contributed by atoms with Gasteiger partial charge in [-0.3, -0.25) is 4.72 Å². The van der Waals surface area contributed by atoms with Crippen molar-refractivity contribution in [3.63, 3.8) is 0 Å². The minimum Gasteiger partial charge on any atom is -0.497 e. The highest BCUT2D eigenvalue weighted by Gasteiger charge is 2.30. The van der Waals surface area contributed by atoms with E-state index in [9.17, 15) is 8.42 Å². The lowest BCUT2D eigenvalue weighted by atomic mass is 9.86. The second-order valence-corrected chi connectivity index (χ2v) is 8.50. The SMILES string of the molecule is [C-]#[N+]/C=C/C(CC)(c1ccc(OC)cc1)n1ccc2c(NS(C)(=O)=O)cccc21. The molecule has 0 radical (unpaired) electrons. The van der Waals surface area contributed by atoms with Gasteiger partial charge < -0.3 is 9.30 Å². The Hall–Kier alpha value is -3.24. The first-order valence-electron chi connectivity index (χ1n) is 9.12. The Kier molecular flexibility index (Phi) is 5.66. The van der Waals surface area contributed by atoms with Crippen molar-refractivity contribution in [3.05, 3.63) is 84.0 Å². The third-order valence-electron chi connectivity index (χ3n) is 5.01. The molecule has 3 aromatic rings. The van der Waals surface area contributed by atoms with Crippen molar-refractivity contribution < 1.29 is 13.2 Å². The maximum Gasteiger partial charge on any atom is 0.229 e. The van der Waals surface area contributed by atoms with E-state index in [0.717, 1.165) is 28.5 Å². The van der Waals surface area contributed by atoms with Crippen LogP contribution in [0.3, 0.4) is 0 Å². The number of ether oxygens (including phenoxy) is 1. The second kappa shape index (κ2) is 8.02. The van der Waals surface area contributed by atoms with Crippen molar-refractivity contribution in [2.24, 2.45) is 0 Å². The largest absolute Gasteiger partial charge is 0.497 e. The van der Waals surface area contributed by atoms with E-state index in [-0.39, 0.29) is 0 Å². The van der Waals surface area contributed by atoms with E-state index < -0.39 is 15.6 Å². The summed E-state index contributed by atoms with van der Waals surface area (Å²) in [5.41, 5.74) is 1.78. The zero-order valence-electron chi connectivity index (χ0n) is 16.6. The highest BCUT2D eigenvalue weighted by Crippen LogP contribution is 2.38. The number of rotatable bonds is 7. The van der Waals surface area contributed by atoms with Gasteiger partial charge in [0.05, 0.1) is 36.7 Å². The van der Waals surface area contributed by atoms with Crippen LogP contribution in [-0.4, -0.2) is 26.4 Å². The molecule has 150 valence electrons. The van der Waals surface area contributed by atoms with Crippen molar-refractivity contribution in [1.29, 1.82) is 0 Å². The van der Waals surface area contributed by atoms with E-state index in [2.05, 4.69) is 21.1 Å². The van der Waals surface area contributed by atoms with Gasteiger partial charge in [0, 0.05) is 11.6 Å². The summed E-state index contributed by atoms with van der Waals surface area (Å²) in [7, 11) is -1.78. The molecule has 1 N–H and O–H groups in total. The number of sulfonamides is 1. The van der Waals surface area contributed by atoms with Crippen LogP contribution >= 0.6 is 0 Å². The molecule has 0 bridgehead atoms. The number of nitrogens with zero attached hydrogens (tertiary/aromatic N) is 2. The van der Waals surface area contributed by atoms with Crippen LogP contribution in [0.25, 0.3) is 15.7 Å². The first-order chi connectivity index (χ1) is 13.8. The summed E-state index contributed by atoms with van der Waals surface area (Å²) in [5.74, 6) is 0.755. The van der Waals surface area contributed by atoms with Crippen LogP contribution in [0, 0.1) is 6.57 Å². The van der Waals surface area contributed by atoms with Crippen molar-refractivity contribution in [2.45, 2.75) is 18.9 Å². The predicted octanol–water partition coefficient (Wildman–Crippen LogP) is 4.61. The molecule has 0 saturated heterocycles. The number of fused-ring (bicyclic) bond motifs is 1. The van der Waals surface area contributed by atoms with Crippen molar-refractivity contribution >= 4 is 26.6 Å². The maximum atomic E-state index is 11.8. The van der Waals surface area contributed by atoms with Gasteiger partial charge in [0.1, 0.15) is 5.75 Å². The molecule has 29 heavy (non-hydrogen) atoms. The average Bonchev–Trinajstić information content (AvgIpc) is 3.14. The minimum atomic E-state index is -3.40. The Morgan fingerprint density at radius 1 is 1.21 bits per heavy atom. The fourth-order valence-electron chi connectivity index (χ4n) is 3.65. The van der Waals surface area contributed by atoms with Crippen LogP contribution in [0.4, 0.5) is 5.69 Å². The van der Waals surface area contributed by atoms with Gasteiger partial charge in [-0.25, -0.2) is 13.3 Å². The number of nitrogens with one attached hydrogen (secondary N) is 1. The molecule has 2 aromatic carbocycles. The van der Waals surface area contributed by atoms with Gasteiger partial charge in [0.15, 0.2) is 6.20 Å². The number of anilines is 1. The van der Waals surface area contributed by atoms with Crippen LogP contribution in [0.1, 0.15) is 18.9 Å². The van der Waals surface area contributed by atoms with Gasteiger partial charge in [-0.1, -0.05) is 31.2 Å². The van der Waals surface area contributed by atoms with Gasteiger partial charge in [-0.15, -0.1) is 0 Å². The molecule has 7 heteroatoms.